The first-order valence-electron chi connectivity index (χ1n) is 4.48. The summed E-state index contributed by atoms with van der Waals surface area (Å²) in [6.45, 7) is 0. The minimum Gasteiger partial charge on any atom is -0.478 e. The largest absolute Gasteiger partial charge is 0.478 e. The van der Waals surface area contributed by atoms with Gasteiger partial charge in [0.15, 0.2) is 0 Å². The number of carbonyl (C=O) groups is 1. The standard InChI is InChI=1S/C10H7F2NO3/c11-6-1-5(2-7(12)3-6)8-4-9(10(14)15)16-13-8/h1-3,9H,4H2,(H,14,15). The smallest absolute Gasteiger partial charge is 0.348 e. The second-order valence-electron chi connectivity index (χ2n) is 3.33. The van der Waals surface area contributed by atoms with Crippen molar-refractivity contribution in [2.45, 2.75) is 12.5 Å². The fraction of sp³-hybridized carbons (Fsp3) is 0.200. The van der Waals surface area contributed by atoms with Gasteiger partial charge >= 0.3 is 5.97 Å². The Hall–Kier alpha value is -1.98. The van der Waals surface area contributed by atoms with Crippen molar-refractivity contribution in [2.24, 2.45) is 5.16 Å². The van der Waals surface area contributed by atoms with E-state index in [0.29, 0.717) is 0 Å². The predicted octanol–water partition coefficient (Wildman–Crippen LogP) is 1.54. The maximum absolute atomic E-state index is 12.9. The van der Waals surface area contributed by atoms with Crippen molar-refractivity contribution in [3.63, 3.8) is 0 Å². The molecule has 1 aromatic carbocycles. The zero-order valence-electron chi connectivity index (χ0n) is 7.98. The van der Waals surface area contributed by atoms with Gasteiger partial charge in [-0.25, -0.2) is 13.6 Å². The molecule has 0 amide bonds. The molecule has 6 heteroatoms. The van der Waals surface area contributed by atoms with E-state index in [1.807, 2.05) is 0 Å². The highest BCUT2D eigenvalue weighted by Gasteiger charge is 2.28. The minimum atomic E-state index is -1.16. The molecule has 0 bridgehead atoms. The van der Waals surface area contributed by atoms with Crippen LogP contribution in [-0.4, -0.2) is 22.9 Å². The van der Waals surface area contributed by atoms with Crippen molar-refractivity contribution in [1.82, 2.24) is 0 Å². The van der Waals surface area contributed by atoms with Gasteiger partial charge in [0.25, 0.3) is 0 Å². The number of nitrogens with zero attached hydrogens (tertiary/aromatic N) is 1. The summed E-state index contributed by atoms with van der Waals surface area (Å²) in [5, 5.41) is 12.1. The van der Waals surface area contributed by atoms with Gasteiger partial charge in [0.05, 0.1) is 5.71 Å². The van der Waals surface area contributed by atoms with E-state index >= 15 is 0 Å². The van der Waals surface area contributed by atoms with Crippen LogP contribution in [0.15, 0.2) is 23.4 Å². The molecule has 1 aliphatic heterocycles. The lowest BCUT2D eigenvalue weighted by Gasteiger charge is -2.00. The highest BCUT2D eigenvalue weighted by Crippen LogP contribution is 2.18. The molecule has 4 nitrogen and oxygen atoms in total. The van der Waals surface area contributed by atoms with E-state index in [9.17, 15) is 13.6 Å². The van der Waals surface area contributed by atoms with Crippen LogP contribution >= 0.6 is 0 Å². The number of halogens is 2. The molecule has 0 fully saturated rings. The molecule has 84 valence electrons. The van der Waals surface area contributed by atoms with Gasteiger partial charge in [0, 0.05) is 18.1 Å². The zero-order valence-corrected chi connectivity index (χ0v) is 7.98. The number of aliphatic carboxylic acids is 1. The van der Waals surface area contributed by atoms with E-state index in [2.05, 4.69) is 9.99 Å². The number of carboxylic acids is 1. The molecule has 1 aliphatic rings. The lowest BCUT2D eigenvalue weighted by molar-refractivity contribution is -0.148. The Morgan fingerprint density at radius 2 is 2.00 bits per heavy atom. The molecule has 1 atom stereocenters. The van der Waals surface area contributed by atoms with Crippen LogP contribution in [0.3, 0.4) is 0 Å². The summed E-state index contributed by atoms with van der Waals surface area (Å²) >= 11 is 0. The summed E-state index contributed by atoms with van der Waals surface area (Å²) in [7, 11) is 0. The van der Waals surface area contributed by atoms with Crippen molar-refractivity contribution in [3.05, 3.63) is 35.4 Å². The molecule has 0 spiro atoms. The van der Waals surface area contributed by atoms with Crippen LogP contribution in [0, 0.1) is 11.6 Å². The monoisotopic (exact) mass is 227 g/mol. The Morgan fingerprint density at radius 3 is 2.50 bits per heavy atom. The zero-order chi connectivity index (χ0) is 11.7. The summed E-state index contributed by atoms with van der Waals surface area (Å²) in [5.74, 6) is -2.64. The lowest BCUT2D eigenvalue weighted by atomic mass is 10.0. The van der Waals surface area contributed by atoms with Crippen molar-refractivity contribution >= 4 is 11.7 Å². The first kappa shape index (κ1) is 10.5. The number of benzene rings is 1. The van der Waals surface area contributed by atoms with E-state index in [1.165, 1.54) is 0 Å². The van der Waals surface area contributed by atoms with Gasteiger partial charge in [0.2, 0.25) is 6.10 Å². The quantitative estimate of drug-likeness (QED) is 0.833. The Labute approximate surface area is 89.1 Å². The Morgan fingerprint density at radius 1 is 1.38 bits per heavy atom. The van der Waals surface area contributed by atoms with Crippen LogP contribution in [0.2, 0.25) is 0 Å². The second kappa shape index (κ2) is 3.88. The van der Waals surface area contributed by atoms with Crippen molar-refractivity contribution in [3.8, 4) is 0 Å². The average Bonchev–Trinajstić information content (AvgIpc) is 2.64. The van der Waals surface area contributed by atoms with Crippen LogP contribution in [0.1, 0.15) is 12.0 Å². The first-order valence-corrected chi connectivity index (χ1v) is 4.48. The molecular weight excluding hydrogens is 220 g/mol. The van der Waals surface area contributed by atoms with Gasteiger partial charge in [-0.3, -0.25) is 0 Å². The molecular formula is C10H7F2NO3. The molecule has 2 rings (SSSR count). The summed E-state index contributed by atoms with van der Waals surface area (Å²) < 4.78 is 25.8. The lowest BCUT2D eigenvalue weighted by Crippen LogP contribution is -2.19. The fourth-order valence-corrected chi connectivity index (χ4v) is 1.40. The van der Waals surface area contributed by atoms with E-state index in [1.54, 1.807) is 0 Å². The van der Waals surface area contributed by atoms with Gasteiger partial charge < -0.3 is 9.94 Å². The van der Waals surface area contributed by atoms with E-state index in [4.69, 9.17) is 5.11 Å². The van der Waals surface area contributed by atoms with Crippen LogP contribution < -0.4 is 0 Å². The van der Waals surface area contributed by atoms with Crippen molar-refractivity contribution in [2.75, 3.05) is 0 Å². The van der Waals surface area contributed by atoms with Crippen LogP contribution in [0.25, 0.3) is 0 Å². The Kier molecular flexibility index (Phi) is 2.55. The molecule has 1 N–H and O–H groups in total. The molecule has 1 unspecified atom stereocenters. The number of hydrogen-bond donors (Lipinski definition) is 1. The number of hydrogen-bond acceptors (Lipinski definition) is 3. The summed E-state index contributed by atoms with van der Waals surface area (Å²) in [6, 6.07) is 2.89. The van der Waals surface area contributed by atoms with Gasteiger partial charge in [-0.15, -0.1) is 0 Å². The maximum atomic E-state index is 12.9. The molecule has 1 heterocycles. The number of rotatable bonds is 2. The first-order chi connectivity index (χ1) is 7.56. The minimum absolute atomic E-state index is 0.00176. The van der Waals surface area contributed by atoms with Crippen molar-refractivity contribution in [1.29, 1.82) is 0 Å². The van der Waals surface area contributed by atoms with E-state index < -0.39 is 23.7 Å². The third-order valence-corrected chi connectivity index (χ3v) is 2.14. The molecule has 0 radical (unpaired) electrons. The van der Waals surface area contributed by atoms with E-state index in [-0.39, 0.29) is 17.7 Å². The third-order valence-electron chi connectivity index (χ3n) is 2.14. The fourth-order valence-electron chi connectivity index (χ4n) is 1.40. The predicted molar refractivity (Wildman–Crippen MR) is 50.0 cm³/mol. The molecule has 0 saturated carbocycles. The number of oxime groups is 1. The Balaban J connectivity index is 2.23. The van der Waals surface area contributed by atoms with Crippen LogP contribution in [0.5, 0.6) is 0 Å². The van der Waals surface area contributed by atoms with Crippen LogP contribution in [-0.2, 0) is 9.63 Å². The highest BCUT2D eigenvalue weighted by molar-refractivity contribution is 6.03. The van der Waals surface area contributed by atoms with Gasteiger partial charge in [0.1, 0.15) is 11.6 Å². The second-order valence-corrected chi connectivity index (χ2v) is 3.33. The Bertz CT molecular complexity index is 453. The van der Waals surface area contributed by atoms with Gasteiger partial charge in [-0.05, 0) is 12.1 Å². The molecule has 1 aromatic rings. The average molecular weight is 227 g/mol. The van der Waals surface area contributed by atoms with E-state index in [0.717, 1.165) is 18.2 Å². The van der Waals surface area contributed by atoms with Crippen molar-refractivity contribution < 1.29 is 23.5 Å². The normalized spacial score (nSPS) is 19.1. The molecule has 0 aromatic heterocycles. The molecule has 0 saturated heterocycles. The molecule has 0 aliphatic carbocycles. The summed E-state index contributed by atoms with van der Waals surface area (Å²) in [6.07, 6.45) is -1.08. The van der Waals surface area contributed by atoms with Gasteiger partial charge in [-0.2, -0.15) is 0 Å². The third kappa shape index (κ3) is 2.00. The summed E-state index contributed by atoms with van der Waals surface area (Å²) in [5.41, 5.74) is 0.423. The number of carboxylic acid groups (broad SMARTS) is 1. The summed E-state index contributed by atoms with van der Waals surface area (Å²) in [4.78, 5) is 15.2. The van der Waals surface area contributed by atoms with Crippen LogP contribution in [0.4, 0.5) is 8.78 Å². The molecule has 16 heavy (non-hydrogen) atoms. The topological polar surface area (TPSA) is 58.9 Å². The SMILES string of the molecule is O=C(O)C1CC(c2cc(F)cc(F)c2)=NO1. The highest BCUT2D eigenvalue weighted by atomic mass is 19.1. The van der Waals surface area contributed by atoms with Gasteiger partial charge in [-0.1, -0.05) is 5.16 Å². The maximum Gasteiger partial charge on any atom is 0.348 e.